The Morgan fingerprint density at radius 3 is 2.59 bits per heavy atom. The summed E-state index contributed by atoms with van der Waals surface area (Å²) >= 11 is 0. The zero-order valence-corrected chi connectivity index (χ0v) is 21.5. The third kappa shape index (κ3) is 5.81. The first-order valence-electron chi connectivity index (χ1n) is 12.5. The predicted octanol–water partition coefficient (Wildman–Crippen LogP) is 2.90. The van der Waals surface area contributed by atoms with Crippen molar-refractivity contribution >= 4 is 40.8 Å². The number of amides is 1. The first-order chi connectivity index (χ1) is 17.6. The number of nitrogens with zero attached hydrogens (tertiary/aromatic N) is 4. The van der Waals surface area contributed by atoms with E-state index in [0.717, 1.165) is 25.7 Å². The van der Waals surface area contributed by atoms with Crippen LogP contribution in [0, 0.1) is 5.92 Å². The molecule has 2 fully saturated rings. The van der Waals surface area contributed by atoms with Gasteiger partial charge in [0.2, 0.25) is 11.9 Å². The summed E-state index contributed by atoms with van der Waals surface area (Å²) in [5.74, 6) is -0.874. The van der Waals surface area contributed by atoms with Crippen LogP contribution in [0.3, 0.4) is 0 Å². The van der Waals surface area contributed by atoms with Gasteiger partial charge in [-0.1, -0.05) is 19.3 Å². The Bertz CT molecular complexity index is 1160. The summed E-state index contributed by atoms with van der Waals surface area (Å²) in [6.45, 7) is 3.46. The van der Waals surface area contributed by atoms with Gasteiger partial charge in [-0.05, 0) is 25.7 Å². The Labute approximate surface area is 213 Å². The minimum atomic E-state index is -2.24. The maximum Gasteiger partial charge on any atom is 0.306 e. The molecule has 2 aromatic heterocycles. The number of hydrogen-bond acceptors (Lipinski definition) is 10. The fraction of sp³-hybridized carbons (Fsp3) is 0.667. The van der Waals surface area contributed by atoms with Crippen LogP contribution < -0.4 is 10.6 Å². The van der Waals surface area contributed by atoms with Crippen LogP contribution in [0.25, 0.3) is 11.2 Å². The van der Waals surface area contributed by atoms with Crippen molar-refractivity contribution in [1.82, 2.24) is 19.5 Å². The minimum Gasteiger partial charge on any atom is -0.463 e. The van der Waals surface area contributed by atoms with E-state index >= 15 is 4.39 Å². The van der Waals surface area contributed by atoms with Crippen LogP contribution in [0.4, 0.5) is 16.2 Å². The minimum absolute atomic E-state index is 0.00520. The second-order valence-corrected chi connectivity index (χ2v) is 9.75. The van der Waals surface area contributed by atoms with Crippen molar-refractivity contribution in [3.05, 3.63) is 6.33 Å². The van der Waals surface area contributed by atoms with Gasteiger partial charge in [0.1, 0.15) is 12.7 Å². The summed E-state index contributed by atoms with van der Waals surface area (Å²) < 4.78 is 34.4. The van der Waals surface area contributed by atoms with E-state index in [9.17, 15) is 14.4 Å². The molecule has 0 spiro atoms. The fourth-order valence-corrected chi connectivity index (χ4v) is 5.04. The van der Waals surface area contributed by atoms with E-state index in [1.165, 1.54) is 38.1 Å². The summed E-state index contributed by atoms with van der Waals surface area (Å²) in [6, 6.07) is 0. The Balaban J connectivity index is 1.59. The summed E-state index contributed by atoms with van der Waals surface area (Å²) in [6.07, 6.45) is 3.24. The number of anilines is 2. The SMILES string of the molecule is CNc1nc(NC(C)=O)nc2c1ncn2[C@@H]1O[C@H](COC(=O)CC2CCCCC2)[C@@H](OC(C)=O)[C@@]1(C)F. The van der Waals surface area contributed by atoms with Crippen molar-refractivity contribution in [2.45, 2.75) is 83.4 Å². The third-order valence-electron chi connectivity index (χ3n) is 6.76. The van der Waals surface area contributed by atoms with E-state index < -0.39 is 30.1 Å². The zero-order chi connectivity index (χ0) is 26.7. The molecule has 2 aromatic rings. The lowest BCUT2D eigenvalue weighted by Gasteiger charge is -2.27. The molecule has 0 aromatic carbocycles. The maximum absolute atomic E-state index is 16.3. The zero-order valence-electron chi connectivity index (χ0n) is 21.5. The smallest absolute Gasteiger partial charge is 0.306 e. The number of imidazole rings is 1. The molecule has 1 aliphatic carbocycles. The van der Waals surface area contributed by atoms with Gasteiger partial charge in [0.25, 0.3) is 0 Å². The number of nitrogens with one attached hydrogen (secondary N) is 2. The molecule has 12 nitrogen and oxygen atoms in total. The van der Waals surface area contributed by atoms with Crippen molar-refractivity contribution in [2.24, 2.45) is 5.92 Å². The molecule has 202 valence electrons. The number of alkyl halides is 1. The second kappa shape index (κ2) is 11.0. The first-order valence-corrected chi connectivity index (χ1v) is 12.5. The summed E-state index contributed by atoms with van der Waals surface area (Å²) in [7, 11) is 1.62. The highest BCUT2D eigenvalue weighted by Crippen LogP contribution is 2.44. The van der Waals surface area contributed by atoms with Crippen molar-refractivity contribution < 1.29 is 33.0 Å². The molecule has 0 radical (unpaired) electrons. The monoisotopic (exact) mass is 520 g/mol. The van der Waals surface area contributed by atoms with Crippen LogP contribution in [-0.4, -0.2) is 68.9 Å². The fourth-order valence-electron chi connectivity index (χ4n) is 5.04. The molecule has 1 aliphatic heterocycles. The Hall–Kier alpha value is -3.35. The maximum atomic E-state index is 16.3. The molecule has 2 N–H and O–H groups in total. The largest absolute Gasteiger partial charge is 0.463 e. The number of fused-ring (bicyclic) bond motifs is 1. The molecular weight excluding hydrogens is 487 g/mol. The topological polar surface area (TPSA) is 147 Å². The number of halogens is 1. The summed E-state index contributed by atoms with van der Waals surface area (Å²) in [5, 5.41) is 5.38. The van der Waals surface area contributed by atoms with Gasteiger partial charge in [-0.2, -0.15) is 9.97 Å². The molecule has 3 heterocycles. The van der Waals surface area contributed by atoms with Crippen molar-refractivity contribution in [3.8, 4) is 0 Å². The number of aromatic nitrogens is 4. The normalized spacial score (nSPS) is 26.1. The van der Waals surface area contributed by atoms with Gasteiger partial charge in [-0.25, -0.2) is 9.37 Å². The van der Waals surface area contributed by atoms with Crippen LogP contribution in [0.1, 0.15) is 65.5 Å². The standard InChI is InChI=1S/C24H33FN6O6/c1-13(32)28-23-29-20(26-4)18-21(30-23)31(12-27-18)22-24(3,25)19(36-14(2)33)16(37-22)11-35-17(34)10-15-8-6-5-7-9-15/h12,15-16,19,22H,5-11H2,1-4H3,(H2,26,28,29,30,32)/t16-,19-,22-,24-/m1/s1. The molecule has 0 bridgehead atoms. The molecule has 1 amide bonds. The Morgan fingerprint density at radius 2 is 1.95 bits per heavy atom. The second-order valence-electron chi connectivity index (χ2n) is 9.75. The number of carbonyl (C=O) groups is 3. The molecule has 1 saturated carbocycles. The predicted molar refractivity (Wildman–Crippen MR) is 130 cm³/mol. The molecular formula is C24H33FN6O6. The first kappa shape index (κ1) is 26.7. The molecule has 13 heteroatoms. The molecule has 1 saturated heterocycles. The van der Waals surface area contributed by atoms with Gasteiger partial charge in [0.15, 0.2) is 35.0 Å². The highest BCUT2D eigenvalue weighted by Gasteiger charge is 2.58. The van der Waals surface area contributed by atoms with E-state index in [-0.39, 0.29) is 36.0 Å². The lowest BCUT2D eigenvalue weighted by Crippen LogP contribution is -2.44. The van der Waals surface area contributed by atoms with Crippen molar-refractivity contribution in [3.63, 3.8) is 0 Å². The van der Waals surface area contributed by atoms with E-state index in [4.69, 9.17) is 14.2 Å². The summed E-state index contributed by atoms with van der Waals surface area (Å²) in [5.41, 5.74) is -1.73. The van der Waals surface area contributed by atoms with Crippen LogP contribution in [0.2, 0.25) is 0 Å². The van der Waals surface area contributed by atoms with E-state index in [2.05, 4.69) is 25.6 Å². The molecule has 0 unspecified atom stereocenters. The Morgan fingerprint density at radius 1 is 1.22 bits per heavy atom. The third-order valence-corrected chi connectivity index (χ3v) is 6.76. The quantitative estimate of drug-likeness (QED) is 0.498. The van der Waals surface area contributed by atoms with E-state index in [0.29, 0.717) is 17.8 Å². The highest BCUT2D eigenvalue weighted by atomic mass is 19.1. The van der Waals surface area contributed by atoms with Crippen LogP contribution in [0.15, 0.2) is 6.33 Å². The van der Waals surface area contributed by atoms with Crippen molar-refractivity contribution in [2.75, 3.05) is 24.3 Å². The van der Waals surface area contributed by atoms with E-state index in [1.54, 1.807) is 7.05 Å². The highest BCUT2D eigenvalue weighted by molar-refractivity contribution is 5.90. The number of hydrogen-bond donors (Lipinski definition) is 2. The summed E-state index contributed by atoms with van der Waals surface area (Å²) in [4.78, 5) is 48.7. The Kier molecular flexibility index (Phi) is 7.90. The van der Waals surface area contributed by atoms with Gasteiger partial charge < -0.3 is 19.5 Å². The van der Waals surface area contributed by atoms with Crippen LogP contribution in [-0.2, 0) is 28.6 Å². The molecule has 2 aliphatic rings. The number of esters is 2. The molecule has 4 atom stereocenters. The number of ether oxygens (including phenoxy) is 3. The van der Waals surface area contributed by atoms with Crippen LogP contribution in [0.5, 0.6) is 0 Å². The van der Waals surface area contributed by atoms with Gasteiger partial charge >= 0.3 is 11.9 Å². The van der Waals surface area contributed by atoms with Gasteiger partial charge in [0, 0.05) is 27.3 Å². The van der Waals surface area contributed by atoms with E-state index in [1.807, 2.05) is 0 Å². The van der Waals surface area contributed by atoms with Crippen LogP contribution >= 0.6 is 0 Å². The average Bonchev–Trinajstić information content (AvgIpc) is 3.35. The van der Waals surface area contributed by atoms with Gasteiger partial charge in [-0.3, -0.25) is 24.3 Å². The number of carbonyl (C=O) groups excluding carboxylic acids is 3. The average molecular weight is 521 g/mol. The lowest BCUT2D eigenvalue weighted by atomic mass is 9.87. The molecule has 37 heavy (non-hydrogen) atoms. The van der Waals surface area contributed by atoms with Crippen molar-refractivity contribution in [1.29, 1.82) is 0 Å². The van der Waals surface area contributed by atoms with Gasteiger partial charge in [-0.15, -0.1) is 0 Å². The van der Waals surface area contributed by atoms with Gasteiger partial charge in [0.05, 0.1) is 6.33 Å². The molecule has 4 rings (SSSR count). The number of rotatable bonds is 8. The lowest BCUT2D eigenvalue weighted by molar-refractivity contribution is -0.159.